The molecule has 0 fully saturated rings. The Bertz CT molecular complexity index is 300. The van der Waals surface area contributed by atoms with Gasteiger partial charge in [0.2, 0.25) is 0 Å². The van der Waals surface area contributed by atoms with E-state index in [0.29, 0.717) is 5.41 Å². The van der Waals surface area contributed by atoms with Crippen LogP contribution in [0.4, 0.5) is 0 Å². The normalized spacial score (nSPS) is 14.3. The first-order chi connectivity index (χ1) is 6.79. The van der Waals surface area contributed by atoms with Gasteiger partial charge >= 0.3 is 0 Å². The Morgan fingerprint density at radius 1 is 1.33 bits per heavy atom. The largest absolute Gasteiger partial charge is 0.323 e. The molecule has 1 unspecified atom stereocenters. The van der Waals surface area contributed by atoms with Gasteiger partial charge < -0.3 is 5.73 Å². The molecule has 1 atom stereocenters. The minimum Gasteiger partial charge on any atom is -0.323 e. The van der Waals surface area contributed by atoms with E-state index in [0.717, 1.165) is 6.42 Å². The molecule has 86 valence electrons. The molecular formula is C13H23NS. The number of hydrogen-bond donors (Lipinski definition) is 1. The molecule has 2 heteroatoms. The molecule has 0 aliphatic carbocycles. The molecule has 0 spiro atoms. The zero-order valence-electron chi connectivity index (χ0n) is 10.6. The Kier molecular flexibility index (Phi) is 3.96. The van der Waals surface area contributed by atoms with Crippen molar-refractivity contribution in [1.82, 2.24) is 0 Å². The molecular weight excluding hydrogens is 202 g/mol. The summed E-state index contributed by atoms with van der Waals surface area (Å²) in [6.45, 7) is 11.1. The predicted octanol–water partition coefficient (Wildman–Crippen LogP) is 4.19. The second-order valence-electron chi connectivity index (χ2n) is 5.59. The van der Waals surface area contributed by atoms with Gasteiger partial charge in [0.1, 0.15) is 0 Å². The summed E-state index contributed by atoms with van der Waals surface area (Å²) in [5.41, 5.74) is 7.96. The third kappa shape index (κ3) is 3.96. The van der Waals surface area contributed by atoms with Crippen LogP contribution in [0.2, 0.25) is 0 Å². The van der Waals surface area contributed by atoms with E-state index in [9.17, 15) is 0 Å². The van der Waals surface area contributed by atoms with Crippen molar-refractivity contribution in [3.05, 3.63) is 21.4 Å². The minimum atomic E-state index is 0.224. The van der Waals surface area contributed by atoms with Gasteiger partial charge in [0.05, 0.1) is 0 Å². The fourth-order valence-electron chi connectivity index (χ4n) is 1.52. The van der Waals surface area contributed by atoms with Gasteiger partial charge in [-0.2, -0.15) is 0 Å². The maximum absolute atomic E-state index is 6.19. The van der Waals surface area contributed by atoms with Crippen molar-refractivity contribution >= 4 is 11.3 Å². The smallest absolute Gasteiger partial charge is 0.0390 e. The first-order valence-electron chi connectivity index (χ1n) is 5.62. The van der Waals surface area contributed by atoms with E-state index in [1.54, 1.807) is 0 Å². The van der Waals surface area contributed by atoms with Gasteiger partial charge in [-0.3, -0.25) is 0 Å². The maximum atomic E-state index is 6.19. The average molecular weight is 225 g/mol. The van der Waals surface area contributed by atoms with Crippen molar-refractivity contribution in [2.75, 3.05) is 0 Å². The van der Waals surface area contributed by atoms with Crippen LogP contribution in [0.25, 0.3) is 0 Å². The molecule has 0 amide bonds. The maximum Gasteiger partial charge on any atom is 0.0390 e. The van der Waals surface area contributed by atoms with Crippen LogP contribution in [0.5, 0.6) is 0 Å². The van der Waals surface area contributed by atoms with Crippen LogP contribution in [-0.4, -0.2) is 0 Å². The summed E-state index contributed by atoms with van der Waals surface area (Å²) < 4.78 is 0. The summed E-state index contributed by atoms with van der Waals surface area (Å²) in [6, 6.07) is 2.47. The van der Waals surface area contributed by atoms with E-state index in [-0.39, 0.29) is 6.04 Å². The second kappa shape index (κ2) is 4.67. The van der Waals surface area contributed by atoms with Crippen molar-refractivity contribution in [3.63, 3.8) is 0 Å². The standard InChI is InChI=1S/C13H23NS/c1-9-8-12(15-10(9)2)11(14)6-7-13(3,4)5/h8,11H,6-7,14H2,1-5H3. The number of thiophene rings is 1. The summed E-state index contributed by atoms with van der Waals surface area (Å²) >= 11 is 1.85. The van der Waals surface area contributed by atoms with E-state index in [1.165, 1.54) is 21.7 Å². The molecule has 15 heavy (non-hydrogen) atoms. The topological polar surface area (TPSA) is 26.0 Å². The molecule has 0 radical (unpaired) electrons. The lowest BCUT2D eigenvalue weighted by Gasteiger charge is -2.20. The number of hydrogen-bond acceptors (Lipinski definition) is 2. The summed E-state index contributed by atoms with van der Waals surface area (Å²) in [4.78, 5) is 2.74. The van der Waals surface area contributed by atoms with Gasteiger partial charge in [-0.15, -0.1) is 11.3 Å². The number of aryl methyl sites for hydroxylation is 2. The molecule has 0 aliphatic heterocycles. The monoisotopic (exact) mass is 225 g/mol. The highest BCUT2D eigenvalue weighted by molar-refractivity contribution is 7.12. The first-order valence-corrected chi connectivity index (χ1v) is 6.44. The molecule has 1 aromatic heterocycles. The molecule has 1 nitrogen and oxygen atoms in total. The zero-order chi connectivity index (χ0) is 11.6. The molecule has 0 aliphatic rings. The van der Waals surface area contributed by atoms with Crippen LogP contribution in [0.3, 0.4) is 0 Å². The molecule has 1 aromatic rings. The fourth-order valence-corrected chi connectivity index (χ4v) is 2.59. The second-order valence-corrected chi connectivity index (χ2v) is 6.88. The third-order valence-electron chi connectivity index (χ3n) is 2.76. The van der Waals surface area contributed by atoms with E-state index < -0.39 is 0 Å². The summed E-state index contributed by atoms with van der Waals surface area (Å²) in [5, 5.41) is 0. The van der Waals surface area contributed by atoms with Crippen LogP contribution >= 0.6 is 11.3 Å². The lowest BCUT2D eigenvalue weighted by Crippen LogP contribution is -2.13. The van der Waals surface area contributed by atoms with Crippen molar-refractivity contribution in [2.45, 2.75) is 53.5 Å². The van der Waals surface area contributed by atoms with E-state index in [2.05, 4.69) is 40.7 Å². The first kappa shape index (κ1) is 12.7. The molecule has 2 N–H and O–H groups in total. The predicted molar refractivity (Wildman–Crippen MR) is 69.4 cm³/mol. The molecule has 1 rings (SSSR count). The number of rotatable bonds is 3. The highest BCUT2D eigenvalue weighted by atomic mass is 32.1. The molecule has 0 saturated heterocycles. The Labute approximate surface area is 97.7 Å². The molecule has 0 saturated carbocycles. The van der Waals surface area contributed by atoms with Crippen LogP contribution in [0, 0.1) is 19.3 Å². The lowest BCUT2D eigenvalue weighted by molar-refractivity contribution is 0.351. The highest BCUT2D eigenvalue weighted by Crippen LogP contribution is 2.30. The van der Waals surface area contributed by atoms with Gasteiger partial charge in [-0.05, 0) is 43.7 Å². The van der Waals surface area contributed by atoms with Crippen LogP contribution in [0.15, 0.2) is 6.07 Å². The van der Waals surface area contributed by atoms with E-state index in [1.807, 2.05) is 11.3 Å². The van der Waals surface area contributed by atoms with Gasteiger partial charge in [0.25, 0.3) is 0 Å². The summed E-state index contributed by atoms with van der Waals surface area (Å²) in [7, 11) is 0. The Hall–Kier alpha value is -0.340. The number of nitrogens with two attached hydrogens (primary N) is 1. The Morgan fingerprint density at radius 2 is 1.93 bits per heavy atom. The van der Waals surface area contributed by atoms with Gasteiger partial charge in [-0.1, -0.05) is 20.8 Å². The SMILES string of the molecule is Cc1cc(C(N)CCC(C)(C)C)sc1C. The van der Waals surface area contributed by atoms with Gasteiger partial charge in [0.15, 0.2) is 0 Å². The third-order valence-corrected chi connectivity index (χ3v) is 4.04. The van der Waals surface area contributed by atoms with Gasteiger partial charge in [-0.25, -0.2) is 0 Å². The quantitative estimate of drug-likeness (QED) is 0.820. The molecule has 0 bridgehead atoms. The summed E-state index contributed by atoms with van der Waals surface area (Å²) in [5.74, 6) is 0. The van der Waals surface area contributed by atoms with E-state index in [4.69, 9.17) is 5.73 Å². The van der Waals surface area contributed by atoms with Crippen molar-refractivity contribution < 1.29 is 0 Å². The zero-order valence-corrected chi connectivity index (χ0v) is 11.4. The van der Waals surface area contributed by atoms with Crippen molar-refractivity contribution in [2.24, 2.45) is 11.1 Å². The fraction of sp³-hybridized carbons (Fsp3) is 0.692. The highest BCUT2D eigenvalue weighted by Gasteiger charge is 2.15. The summed E-state index contributed by atoms with van der Waals surface area (Å²) in [6.07, 6.45) is 2.27. The van der Waals surface area contributed by atoms with Crippen molar-refractivity contribution in [3.8, 4) is 0 Å². The van der Waals surface area contributed by atoms with Gasteiger partial charge in [0, 0.05) is 15.8 Å². The van der Waals surface area contributed by atoms with Crippen molar-refractivity contribution in [1.29, 1.82) is 0 Å². The molecule has 1 heterocycles. The van der Waals surface area contributed by atoms with Crippen LogP contribution in [0.1, 0.15) is 55.0 Å². The molecule has 0 aromatic carbocycles. The van der Waals surface area contributed by atoms with E-state index >= 15 is 0 Å². The average Bonchev–Trinajstić information content (AvgIpc) is 2.42. The lowest BCUT2D eigenvalue weighted by atomic mass is 9.88. The minimum absolute atomic E-state index is 0.224. The Morgan fingerprint density at radius 3 is 2.33 bits per heavy atom. The van der Waals surface area contributed by atoms with Crippen LogP contribution < -0.4 is 5.73 Å². The Balaban J connectivity index is 2.58. The van der Waals surface area contributed by atoms with Crippen LogP contribution in [-0.2, 0) is 0 Å².